The van der Waals surface area contributed by atoms with E-state index in [-0.39, 0.29) is 11.1 Å². The number of hydrogen-bond donors (Lipinski definition) is 0. The molecule has 221 valence electrons. The molecule has 2 aliphatic rings. The van der Waals surface area contributed by atoms with E-state index in [4.69, 9.17) is 9.15 Å². The highest BCUT2D eigenvalue weighted by Gasteiger charge is 2.61. The molecule has 6 rings (SSSR count). The minimum atomic E-state index is -1.10. The third-order valence-corrected chi connectivity index (χ3v) is 9.20. The second-order valence-electron chi connectivity index (χ2n) is 13.1. The third kappa shape index (κ3) is 4.48. The zero-order valence-corrected chi connectivity index (χ0v) is 25.9. The predicted molar refractivity (Wildman–Crippen MR) is 172 cm³/mol. The smallest absolute Gasteiger partial charge is 0.330 e. The van der Waals surface area contributed by atoms with E-state index in [1.165, 1.54) is 11.6 Å². The van der Waals surface area contributed by atoms with Crippen LogP contribution in [0.4, 0.5) is 17.1 Å². The van der Waals surface area contributed by atoms with Crippen LogP contribution in [-0.2, 0) is 17.4 Å². The van der Waals surface area contributed by atoms with Gasteiger partial charge in [0.25, 0.3) is 5.69 Å². The van der Waals surface area contributed by atoms with E-state index in [9.17, 15) is 14.9 Å². The summed E-state index contributed by atoms with van der Waals surface area (Å²) in [6, 6.07) is 19.0. The van der Waals surface area contributed by atoms with Crippen LogP contribution in [0.15, 0.2) is 69.9 Å². The standard InChI is InChI=1S/C34H37BN3O5/c1-8-36(9-2)24-12-10-21-17-27(31(39)42-30(21)19-24)35-34-33(6,7)26-18-23(32(3,4)5)11-14-28(26)37(34)20-22-16-25(38(40)41)13-15-29(22)43-34/h10-19H,8-9,20H2,1-7H3. The van der Waals surface area contributed by atoms with E-state index in [2.05, 4.69) is 76.5 Å². The fourth-order valence-corrected chi connectivity index (χ4v) is 6.57. The zero-order chi connectivity index (χ0) is 30.9. The molecule has 8 nitrogen and oxygen atoms in total. The van der Waals surface area contributed by atoms with Crippen LogP contribution in [-0.4, -0.2) is 30.9 Å². The van der Waals surface area contributed by atoms with Gasteiger partial charge in [-0.15, -0.1) is 0 Å². The van der Waals surface area contributed by atoms with Crippen molar-refractivity contribution in [3.05, 3.63) is 97.9 Å². The third-order valence-electron chi connectivity index (χ3n) is 9.20. The molecule has 0 fully saturated rings. The Morgan fingerprint density at radius 3 is 2.44 bits per heavy atom. The Balaban J connectivity index is 1.51. The molecular formula is C34H37BN3O5. The maximum atomic E-state index is 13.6. The van der Waals surface area contributed by atoms with Crippen LogP contribution in [0.25, 0.3) is 11.0 Å². The Labute approximate surface area is 252 Å². The summed E-state index contributed by atoms with van der Waals surface area (Å²) in [5, 5.41) is 12.4. The van der Waals surface area contributed by atoms with Gasteiger partial charge in [-0.2, -0.15) is 0 Å². The van der Waals surface area contributed by atoms with Crippen molar-refractivity contribution in [2.75, 3.05) is 22.9 Å². The van der Waals surface area contributed by atoms with Crippen LogP contribution in [0.5, 0.6) is 5.75 Å². The van der Waals surface area contributed by atoms with Crippen LogP contribution in [0, 0.1) is 10.1 Å². The van der Waals surface area contributed by atoms with E-state index < -0.39 is 21.6 Å². The van der Waals surface area contributed by atoms with Crippen LogP contribution in [0.2, 0.25) is 0 Å². The number of benzene rings is 3. The molecule has 0 bridgehead atoms. The van der Waals surface area contributed by atoms with E-state index >= 15 is 0 Å². The van der Waals surface area contributed by atoms with E-state index in [1.54, 1.807) is 12.1 Å². The monoisotopic (exact) mass is 578 g/mol. The second kappa shape index (κ2) is 9.90. The quantitative estimate of drug-likeness (QED) is 0.116. The Kier molecular flexibility index (Phi) is 6.64. The van der Waals surface area contributed by atoms with Gasteiger partial charge < -0.3 is 19.0 Å². The zero-order valence-electron chi connectivity index (χ0n) is 25.9. The molecule has 3 heterocycles. The number of anilines is 2. The highest BCUT2D eigenvalue weighted by atomic mass is 16.6. The van der Waals surface area contributed by atoms with Crippen molar-refractivity contribution >= 4 is 40.8 Å². The number of nitro benzene ring substituents is 1. The normalized spacial score (nSPS) is 18.4. The highest BCUT2D eigenvalue weighted by Crippen LogP contribution is 2.55. The molecule has 0 aliphatic carbocycles. The Morgan fingerprint density at radius 1 is 1.02 bits per heavy atom. The largest absolute Gasteiger partial charge is 0.475 e. The number of non-ortho nitro benzene ring substituents is 1. The van der Waals surface area contributed by atoms with E-state index in [0.29, 0.717) is 23.3 Å². The lowest BCUT2D eigenvalue weighted by molar-refractivity contribution is -0.385. The molecule has 0 amide bonds. The van der Waals surface area contributed by atoms with Crippen LogP contribution < -0.4 is 25.6 Å². The summed E-state index contributed by atoms with van der Waals surface area (Å²) >= 11 is 0. The maximum Gasteiger partial charge on any atom is 0.330 e. The first-order chi connectivity index (χ1) is 20.3. The Bertz CT molecular complexity index is 1820. The summed E-state index contributed by atoms with van der Waals surface area (Å²) in [6.45, 7) is 17.1. The Morgan fingerprint density at radius 2 is 1.77 bits per heavy atom. The first kappa shape index (κ1) is 28.8. The van der Waals surface area contributed by atoms with E-state index in [1.807, 2.05) is 31.5 Å². The molecule has 4 aromatic rings. The lowest BCUT2D eigenvalue weighted by atomic mass is 9.51. The fraction of sp³-hybridized carbons (Fsp3) is 0.382. The molecule has 1 unspecified atom stereocenters. The molecule has 1 atom stereocenters. The number of nitrogens with zero attached hydrogens (tertiary/aromatic N) is 3. The van der Waals surface area contributed by atoms with Gasteiger partial charge in [0.2, 0.25) is 7.28 Å². The fourth-order valence-electron chi connectivity index (χ4n) is 6.57. The predicted octanol–water partition coefficient (Wildman–Crippen LogP) is 6.22. The van der Waals surface area contributed by atoms with E-state index in [0.717, 1.165) is 41.0 Å². The molecule has 9 heteroatoms. The Hall–Kier alpha value is -4.27. The van der Waals surface area contributed by atoms with Crippen molar-refractivity contribution in [1.82, 2.24) is 0 Å². The molecule has 0 saturated heterocycles. The van der Waals surface area contributed by atoms with Crippen LogP contribution in [0.3, 0.4) is 0 Å². The summed E-state index contributed by atoms with van der Waals surface area (Å²) < 4.78 is 12.8. The van der Waals surface area contributed by atoms with Crippen LogP contribution in [0.1, 0.15) is 65.2 Å². The van der Waals surface area contributed by atoms with Gasteiger partial charge in [0.15, 0.2) is 5.62 Å². The van der Waals surface area contributed by atoms with Gasteiger partial charge in [-0.1, -0.05) is 52.8 Å². The van der Waals surface area contributed by atoms with Gasteiger partial charge in [-0.25, -0.2) is 4.79 Å². The molecule has 1 radical (unpaired) electrons. The van der Waals surface area contributed by atoms with Crippen molar-refractivity contribution in [3.63, 3.8) is 0 Å². The summed E-state index contributed by atoms with van der Waals surface area (Å²) in [7, 11) is 1.89. The number of ether oxygens (including phenoxy) is 1. The molecular weight excluding hydrogens is 541 g/mol. The average molecular weight is 578 g/mol. The lowest BCUT2D eigenvalue weighted by Crippen LogP contribution is -2.69. The lowest BCUT2D eigenvalue weighted by Gasteiger charge is -2.50. The van der Waals surface area contributed by atoms with Crippen molar-refractivity contribution in [2.24, 2.45) is 0 Å². The summed E-state index contributed by atoms with van der Waals surface area (Å²) in [5.41, 5.74) is 3.70. The van der Waals surface area contributed by atoms with Gasteiger partial charge in [-0.3, -0.25) is 10.1 Å². The number of fused-ring (bicyclic) bond motifs is 5. The van der Waals surface area contributed by atoms with Crippen molar-refractivity contribution in [2.45, 2.75) is 71.5 Å². The molecule has 3 aromatic carbocycles. The SMILES string of the molecule is CCN(CC)c1ccc2cc([B]C34Oc5ccc([N+](=O)[O-])cc5CN3c3ccc(C(C)(C)C)cc3C4(C)C)c(=O)oc2c1. The van der Waals surface area contributed by atoms with Gasteiger partial charge >= 0.3 is 5.63 Å². The van der Waals surface area contributed by atoms with Gasteiger partial charge in [0.1, 0.15) is 11.3 Å². The molecule has 0 saturated carbocycles. The summed E-state index contributed by atoms with van der Waals surface area (Å²) in [6.07, 6.45) is 0. The second-order valence-corrected chi connectivity index (χ2v) is 13.1. The molecule has 2 aliphatic heterocycles. The summed E-state index contributed by atoms with van der Waals surface area (Å²) in [4.78, 5) is 29.1. The first-order valence-electron chi connectivity index (χ1n) is 14.9. The van der Waals surface area contributed by atoms with Gasteiger partial charge in [0, 0.05) is 71.0 Å². The number of hydrogen-bond acceptors (Lipinski definition) is 7. The average Bonchev–Trinajstić information content (AvgIpc) is 3.14. The summed E-state index contributed by atoms with van der Waals surface area (Å²) in [5.74, 6) is 0.559. The van der Waals surface area contributed by atoms with Crippen molar-refractivity contribution in [1.29, 1.82) is 0 Å². The van der Waals surface area contributed by atoms with Gasteiger partial charge in [0.05, 0.1) is 4.92 Å². The van der Waals surface area contributed by atoms with Crippen molar-refractivity contribution < 1.29 is 14.1 Å². The highest BCUT2D eigenvalue weighted by molar-refractivity contribution is 6.58. The topological polar surface area (TPSA) is 89.1 Å². The number of rotatable bonds is 6. The minimum Gasteiger partial charge on any atom is -0.475 e. The maximum absolute atomic E-state index is 13.6. The molecule has 43 heavy (non-hydrogen) atoms. The first-order valence-corrected chi connectivity index (χ1v) is 14.9. The molecule has 1 aromatic heterocycles. The van der Waals surface area contributed by atoms with Crippen LogP contribution >= 0.6 is 0 Å². The minimum absolute atomic E-state index is 0.0137. The molecule has 0 spiro atoms. The number of nitro groups is 1. The van der Waals surface area contributed by atoms with Gasteiger partial charge in [-0.05, 0) is 54.7 Å². The molecule has 0 N–H and O–H groups in total. The van der Waals surface area contributed by atoms with Crippen molar-refractivity contribution in [3.8, 4) is 5.75 Å².